The summed E-state index contributed by atoms with van der Waals surface area (Å²) in [7, 11) is 0.998. The fourth-order valence-electron chi connectivity index (χ4n) is 4.16. The number of alkyl halides is 4. The third-order valence-corrected chi connectivity index (χ3v) is 6.27. The molecule has 2 heterocycles. The van der Waals surface area contributed by atoms with Gasteiger partial charge in [-0.15, -0.1) is 0 Å². The fraction of sp³-hybridized carbons (Fsp3) is 0.455. The minimum Gasteiger partial charge on any atom is -0.618 e. The quantitative estimate of drug-likeness (QED) is 0.353. The van der Waals surface area contributed by atoms with Gasteiger partial charge in [-0.25, -0.2) is 8.78 Å². The van der Waals surface area contributed by atoms with Gasteiger partial charge in [-0.3, -0.25) is 4.79 Å². The molecule has 0 spiro atoms. The highest BCUT2D eigenvalue weighted by Gasteiger charge is 2.65. The van der Waals surface area contributed by atoms with Crippen molar-refractivity contribution in [2.24, 2.45) is 5.92 Å². The van der Waals surface area contributed by atoms with Crippen molar-refractivity contribution in [1.82, 2.24) is 0 Å². The number of aromatic nitrogens is 1. The van der Waals surface area contributed by atoms with Crippen LogP contribution in [0.4, 0.5) is 32.0 Å². The Hall–Kier alpha value is -3.06. The monoisotopic (exact) mass is 508 g/mol. The number of pyridine rings is 1. The maximum Gasteiger partial charge on any atom is 0.417 e. The second-order valence-corrected chi connectivity index (χ2v) is 8.25. The Bertz CT molecular complexity index is 1110. The number of benzene rings is 1. The molecule has 2 N–H and O–H groups in total. The lowest BCUT2D eigenvalue weighted by molar-refractivity contribution is -0.617. The first-order valence-electron chi connectivity index (χ1n) is 10.3. The number of hydrogen-bond donors (Lipinski definition) is 2. The smallest absolute Gasteiger partial charge is 0.417 e. The summed E-state index contributed by atoms with van der Waals surface area (Å²) in [5.74, 6) is -7.43. The average molecular weight is 508 g/mol. The summed E-state index contributed by atoms with van der Waals surface area (Å²) in [5.41, 5.74) is -3.79. The molecule has 1 saturated heterocycles. The highest BCUT2D eigenvalue weighted by molar-refractivity contribution is 5.95. The van der Waals surface area contributed by atoms with Gasteiger partial charge in [-0.05, 0) is 13.0 Å². The van der Waals surface area contributed by atoms with Crippen molar-refractivity contribution in [2.45, 2.75) is 43.8 Å². The van der Waals surface area contributed by atoms with Crippen molar-refractivity contribution in [3.8, 4) is 5.75 Å². The summed E-state index contributed by atoms with van der Waals surface area (Å²) < 4.78 is 94.2. The first-order chi connectivity index (χ1) is 16.3. The van der Waals surface area contributed by atoms with Gasteiger partial charge < -0.3 is 25.1 Å². The summed E-state index contributed by atoms with van der Waals surface area (Å²) in [6.07, 6.45) is -8.06. The predicted molar refractivity (Wildman–Crippen MR) is 109 cm³/mol. The number of rotatable bonds is 6. The van der Waals surface area contributed by atoms with Crippen molar-refractivity contribution in [1.29, 1.82) is 0 Å². The van der Waals surface area contributed by atoms with Gasteiger partial charge in [0.25, 0.3) is 5.91 Å². The lowest BCUT2D eigenvalue weighted by Gasteiger charge is -2.32. The van der Waals surface area contributed by atoms with Crippen molar-refractivity contribution in [3.63, 3.8) is 0 Å². The van der Waals surface area contributed by atoms with Crippen LogP contribution in [0, 0.1) is 22.8 Å². The molecule has 1 amide bonds. The molecule has 2 aromatic rings. The fourth-order valence-corrected chi connectivity index (χ4v) is 4.16. The number of methoxy groups -OCH3 is 1. The number of halogens is 6. The largest absolute Gasteiger partial charge is 0.618 e. The van der Waals surface area contributed by atoms with E-state index in [4.69, 9.17) is 14.6 Å². The summed E-state index contributed by atoms with van der Waals surface area (Å²) in [6.45, 7) is 0.868. The van der Waals surface area contributed by atoms with Crippen molar-refractivity contribution in [2.75, 3.05) is 19.0 Å². The molecule has 0 unspecified atom stereocenters. The third-order valence-electron chi connectivity index (χ3n) is 6.27. The van der Waals surface area contributed by atoms with Crippen LogP contribution in [0.2, 0.25) is 0 Å². The van der Waals surface area contributed by atoms with Gasteiger partial charge >= 0.3 is 6.18 Å². The molecule has 5 atom stereocenters. The van der Waals surface area contributed by atoms with E-state index in [9.17, 15) is 36.3 Å². The van der Waals surface area contributed by atoms with Crippen LogP contribution in [-0.4, -0.2) is 42.6 Å². The number of carbonyl (C=O) groups excluding carboxylic acids is 1. The number of ether oxygens (including phenoxy) is 2. The molecule has 35 heavy (non-hydrogen) atoms. The first-order valence-corrected chi connectivity index (χ1v) is 10.3. The molecule has 192 valence electrons. The molecule has 3 rings (SSSR count). The number of amides is 1. The van der Waals surface area contributed by atoms with Gasteiger partial charge in [0.05, 0.1) is 19.4 Å². The van der Waals surface area contributed by atoms with Gasteiger partial charge in [0, 0.05) is 29.5 Å². The summed E-state index contributed by atoms with van der Waals surface area (Å²) in [4.78, 5) is 13.1. The van der Waals surface area contributed by atoms with Crippen LogP contribution in [0.15, 0.2) is 30.5 Å². The van der Waals surface area contributed by atoms with Gasteiger partial charge in [-0.1, -0.05) is 13.0 Å². The lowest BCUT2D eigenvalue weighted by Crippen LogP contribution is -2.47. The number of nitrogens with one attached hydrogen (secondary N) is 1. The van der Waals surface area contributed by atoms with Crippen LogP contribution < -0.4 is 14.8 Å². The molecule has 13 heteroatoms. The molecule has 0 saturated carbocycles. The molecule has 1 aliphatic heterocycles. The highest BCUT2D eigenvalue weighted by Crippen LogP contribution is 2.55. The van der Waals surface area contributed by atoms with E-state index in [1.54, 1.807) is 0 Å². The summed E-state index contributed by atoms with van der Waals surface area (Å²) in [5, 5.41) is 23.0. The number of anilines is 1. The number of aliphatic hydroxyl groups excluding tert-OH is 1. The maximum atomic E-state index is 14.4. The Morgan fingerprint density at radius 3 is 2.57 bits per heavy atom. The zero-order valence-electron chi connectivity index (χ0n) is 18.7. The van der Waals surface area contributed by atoms with Gasteiger partial charge in [0.2, 0.25) is 17.7 Å². The van der Waals surface area contributed by atoms with E-state index in [0.29, 0.717) is 6.07 Å². The number of hydrogen-bond acceptors (Lipinski definition) is 5. The Morgan fingerprint density at radius 1 is 1.34 bits per heavy atom. The van der Waals surface area contributed by atoms with Crippen LogP contribution in [0.25, 0.3) is 0 Å². The zero-order valence-corrected chi connectivity index (χ0v) is 18.7. The van der Waals surface area contributed by atoms with E-state index in [-0.39, 0.29) is 16.0 Å². The van der Waals surface area contributed by atoms with Crippen LogP contribution in [0.1, 0.15) is 37.2 Å². The predicted octanol–water partition coefficient (Wildman–Crippen LogP) is 3.69. The maximum absolute atomic E-state index is 14.4. The minimum absolute atomic E-state index is 0.111. The van der Waals surface area contributed by atoms with Gasteiger partial charge in [0.1, 0.15) is 6.10 Å². The van der Waals surface area contributed by atoms with Crippen LogP contribution in [-0.2, 0) is 9.53 Å². The Balaban J connectivity index is 2.06. The van der Waals surface area contributed by atoms with E-state index >= 15 is 0 Å². The third kappa shape index (κ3) is 4.61. The molecule has 1 fully saturated rings. The standard InChI is InChI=1S/C22H22F6N2O5/c1-10-16(12-4-5-13(23)17(25)18(12)34-3)19(35-21(10,2)22(26,27)28)20(32)29-11-6-7-30(33)15(8-11)14(24)9-31/h4-8,10,14,16,19,31H,9H2,1-3H3,(H,29,32)/t10-,14-,16-,19+,21+/m0/s1. The second-order valence-electron chi connectivity index (χ2n) is 8.25. The zero-order chi connectivity index (χ0) is 26.3. The molecule has 0 aliphatic carbocycles. The van der Waals surface area contributed by atoms with E-state index in [1.807, 2.05) is 0 Å². The Labute approximate surface area is 195 Å². The molecule has 1 aliphatic rings. The molecule has 0 radical (unpaired) electrons. The molecule has 0 bridgehead atoms. The SMILES string of the molecule is COc1c([C@H]2[C@H](C(=O)Nc3cc[n+]([O-])c([C@@H](F)CO)c3)O[C@@](C)(C(F)(F)F)[C@H]2C)ccc(F)c1F. The number of aliphatic hydroxyl groups is 1. The Kier molecular flexibility index (Phi) is 7.23. The van der Waals surface area contributed by atoms with Crippen molar-refractivity contribution < 1.29 is 50.4 Å². The highest BCUT2D eigenvalue weighted by atomic mass is 19.4. The molecule has 1 aromatic carbocycles. The summed E-state index contributed by atoms with van der Waals surface area (Å²) in [6, 6.07) is 3.68. The van der Waals surface area contributed by atoms with Crippen molar-refractivity contribution in [3.05, 3.63) is 58.6 Å². The van der Waals surface area contributed by atoms with Crippen LogP contribution in [0.3, 0.4) is 0 Å². The van der Waals surface area contributed by atoms with E-state index in [0.717, 1.165) is 45.4 Å². The average Bonchev–Trinajstić information content (AvgIpc) is 3.08. The topological polar surface area (TPSA) is 94.7 Å². The van der Waals surface area contributed by atoms with Crippen molar-refractivity contribution >= 4 is 11.6 Å². The van der Waals surface area contributed by atoms with E-state index in [2.05, 4.69) is 5.32 Å². The molecule has 1 aromatic heterocycles. The Morgan fingerprint density at radius 2 is 2.00 bits per heavy atom. The molecule has 7 nitrogen and oxygen atoms in total. The van der Waals surface area contributed by atoms with Crippen LogP contribution in [0.5, 0.6) is 5.75 Å². The number of nitrogens with zero attached hydrogens (tertiary/aromatic N) is 1. The molecular weight excluding hydrogens is 486 g/mol. The van der Waals surface area contributed by atoms with Gasteiger partial charge in [-0.2, -0.15) is 22.3 Å². The molecular formula is C22H22F6N2O5. The first kappa shape index (κ1) is 26.5. The van der Waals surface area contributed by atoms with Gasteiger partial charge in [0.15, 0.2) is 23.4 Å². The lowest BCUT2D eigenvalue weighted by atomic mass is 9.77. The minimum atomic E-state index is -4.94. The summed E-state index contributed by atoms with van der Waals surface area (Å²) >= 11 is 0. The normalized spacial score (nSPS) is 25.4. The number of carbonyl (C=O) groups is 1. The van der Waals surface area contributed by atoms with E-state index < -0.39 is 71.5 Å². The van der Waals surface area contributed by atoms with E-state index in [1.165, 1.54) is 0 Å². The van der Waals surface area contributed by atoms with Crippen LogP contribution >= 0.6 is 0 Å². The second kappa shape index (κ2) is 9.53.